The van der Waals surface area contributed by atoms with Crippen molar-refractivity contribution in [3.05, 3.63) is 12.1 Å². The van der Waals surface area contributed by atoms with Crippen molar-refractivity contribution in [3.8, 4) is 24.1 Å². The molecule has 0 aliphatic carbocycles. The molecule has 94 valence electrons. The van der Waals surface area contributed by atoms with Crippen LogP contribution in [0.1, 0.15) is 6.42 Å². The van der Waals surface area contributed by atoms with Gasteiger partial charge in [-0.3, -0.25) is 4.79 Å². The summed E-state index contributed by atoms with van der Waals surface area (Å²) in [6.45, 7) is 0.500. The molecule has 0 saturated carbocycles. The van der Waals surface area contributed by atoms with E-state index in [9.17, 15) is 4.79 Å². The number of terminal acetylenes is 1. The molecular weight excluding hydrogens is 232 g/mol. The van der Waals surface area contributed by atoms with Crippen LogP contribution in [0.2, 0.25) is 0 Å². The van der Waals surface area contributed by atoms with Gasteiger partial charge >= 0.3 is 0 Å². The van der Waals surface area contributed by atoms with E-state index in [1.54, 1.807) is 17.0 Å². The summed E-state index contributed by atoms with van der Waals surface area (Å²) in [5, 5.41) is 0. The second-order valence-corrected chi connectivity index (χ2v) is 3.95. The quantitative estimate of drug-likeness (QED) is 0.749. The molecule has 0 spiro atoms. The Morgan fingerprint density at radius 3 is 2.78 bits per heavy atom. The zero-order chi connectivity index (χ0) is 13.1. The number of anilines is 1. The van der Waals surface area contributed by atoms with Gasteiger partial charge in [0, 0.05) is 24.9 Å². The van der Waals surface area contributed by atoms with Crippen LogP contribution in [0.4, 0.5) is 5.69 Å². The summed E-state index contributed by atoms with van der Waals surface area (Å²) in [5.41, 5.74) is 0.626. The topological polar surface area (TPSA) is 51.7 Å². The third-order valence-corrected chi connectivity index (χ3v) is 2.87. The molecule has 0 bridgehead atoms. The lowest BCUT2D eigenvalue weighted by molar-refractivity contribution is -0.117. The first-order valence-electron chi connectivity index (χ1n) is 5.55. The van der Waals surface area contributed by atoms with Gasteiger partial charge in [0.05, 0.1) is 14.2 Å². The van der Waals surface area contributed by atoms with Gasteiger partial charge in [-0.1, -0.05) is 0 Å². The van der Waals surface area contributed by atoms with E-state index in [4.69, 9.17) is 15.9 Å². The molecule has 0 N–H and O–H groups in total. The molecule has 5 nitrogen and oxygen atoms in total. The lowest BCUT2D eigenvalue weighted by atomic mass is 10.1. The second-order valence-electron chi connectivity index (χ2n) is 3.95. The Bertz CT molecular complexity index is 507. The fraction of sp³-hybridized carbons (Fsp3) is 0.385. The van der Waals surface area contributed by atoms with Crippen molar-refractivity contribution in [1.82, 2.24) is 4.98 Å². The van der Waals surface area contributed by atoms with Gasteiger partial charge in [-0.05, 0) is 6.07 Å². The van der Waals surface area contributed by atoms with Gasteiger partial charge in [-0.25, -0.2) is 0 Å². The summed E-state index contributed by atoms with van der Waals surface area (Å²) in [6, 6.07) is 3.44. The maximum atomic E-state index is 11.9. The minimum absolute atomic E-state index is 0.0109. The van der Waals surface area contributed by atoms with E-state index in [1.165, 1.54) is 14.2 Å². The highest BCUT2D eigenvalue weighted by Gasteiger charge is 2.31. The number of pyridine rings is 1. The van der Waals surface area contributed by atoms with Crippen molar-refractivity contribution < 1.29 is 14.3 Å². The highest BCUT2D eigenvalue weighted by molar-refractivity contribution is 5.97. The van der Waals surface area contributed by atoms with Crippen LogP contribution in [0.5, 0.6) is 11.8 Å². The van der Waals surface area contributed by atoms with Crippen LogP contribution in [0, 0.1) is 18.3 Å². The average Bonchev–Trinajstić information content (AvgIpc) is 2.79. The number of carbonyl (C=O) groups is 1. The molecule has 5 heteroatoms. The van der Waals surface area contributed by atoms with Gasteiger partial charge in [0.25, 0.3) is 0 Å². The van der Waals surface area contributed by atoms with Crippen molar-refractivity contribution in [2.75, 3.05) is 25.7 Å². The Morgan fingerprint density at radius 1 is 1.44 bits per heavy atom. The standard InChI is InChI=1S/C13H14N2O3/c1-4-9-7-12(16)15(8-9)10-5-6-11(17-2)14-13(10)18-3/h1,5-6,9H,7-8H2,2-3H3. The van der Waals surface area contributed by atoms with Gasteiger partial charge in [0.1, 0.15) is 5.69 Å². The van der Waals surface area contributed by atoms with Crippen molar-refractivity contribution in [2.24, 2.45) is 5.92 Å². The number of aromatic nitrogens is 1. The normalized spacial score (nSPS) is 18.6. The smallest absolute Gasteiger partial charge is 0.241 e. The van der Waals surface area contributed by atoms with E-state index < -0.39 is 0 Å². The molecule has 2 rings (SSSR count). The van der Waals surface area contributed by atoms with Crippen molar-refractivity contribution >= 4 is 11.6 Å². The molecule has 1 fully saturated rings. The molecule has 2 heterocycles. The number of carbonyl (C=O) groups excluding carboxylic acids is 1. The summed E-state index contributed by atoms with van der Waals surface area (Å²) in [7, 11) is 3.03. The minimum atomic E-state index is -0.0516. The lowest BCUT2D eigenvalue weighted by Gasteiger charge is -2.18. The van der Waals surface area contributed by atoms with Gasteiger partial charge in [0.15, 0.2) is 0 Å². The molecule has 1 amide bonds. The predicted octanol–water partition coefficient (Wildman–Crippen LogP) is 1.08. The molecular formula is C13H14N2O3. The molecule has 1 aliphatic heterocycles. The van der Waals surface area contributed by atoms with E-state index in [0.717, 1.165) is 0 Å². The Balaban J connectivity index is 2.34. The monoisotopic (exact) mass is 246 g/mol. The van der Waals surface area contributed by atoms with E-state index >= 15 is 0 Å². The number of ether oxygens (including phenoxy) is 2. The Morgan fingerprint density at radius 2 is 2.22 bits per heavy atom. The average molecular weight is 246 g/mol. The van der Waals surface area contributed by atoms with Gasteiger partial charge in [-0.2, -0.15) is 4.98 Å². The number of amides is 1. The van der Waals surface area contributed by atoms with E-state index in [1.807, 2.05) is 0 Å². The van der Waals surface area contributed by atoms with Crippen LogP contribution in [0.25, 0.3) is 0 Å². The Kier molecular flexibility index (Phi) is 3.38. The SMILES string of the molecule is C#CC1CC(=O)N(c2ccc(OC)nc2OC)C1. The zero-order valence-electron chi connectivity index (χ0n) is 10.3. The van der Waals surface area contributed by atoms with Crippen molar-refractivity contribution in [3.63, 3.8) is 0 Å². The van der Waals surface area contributed by atoms with Gasteiger partial charge in [0.2, 0.25) is 17.7 Å². The zero-order valence-corrected chi connectivity index (χ0v) is 10.3. The summed E-state index contributed by atoms with van der Waals surface area (Å²) < 4.78 is 10.2. The van der Waals surface area contributed by atoms with Crippen molar-refractivity contribution in [1.29, 1.82) is 0 Å². The summed E-state index contributed by atoms with van der Waals surface area (Å²) in [6.07, 6.45) is 5.72. The van der Waals surface area contributed by atoms with Gasteiger partial charge in [-0.15, -0.1) is 12.3 Å². The molecule has 18 heavy (non-hydrogen) atoms. The fourth-order valence-corrected chi connectivity index (χ4v) is 1.94. The maximum Gasteiger partial charge on any atom is 0.241 e. The third kappa shape index (κ3) is 2.09. The molecule has 1 aromatic rings. The molecule has 1 atom stereocenters. The number of nitrogens with zero attached hydrogens (tertiary/aromatic N) is 2. The summed E-state index contributed by atoms with van der Waals surface area (Å²) in [5.74, 6) is 3.35. The van der Waals surface area contributed by atoms with E-state index in [2.05, 4.69) is 10.9 Å². The molecule has 1 aromatic heterocycles. The predicted molar refractivity (Wildman–Crippen MR) is 66.6 cm³/mol. The largest absolute Gasteiger partial charge is 0.481 e. The van der Waals surface area contributed by atoms with Crippen LogP contribution in [0.3, 0.4) is 0 Å². The van der Waals surface area contributed by atoms with Crippen LogP contribution in [0.15, 0.2) is 12.1 Å². The van der Waals surface area contributed by atoms with E-state index in [0.29, 0.717) is 30.4 Å². The van der Waals surface area contributed by atoms with Crippen molar-refractivity contribution in [2.45, 2.75) is 6.42 Å². The molecule has 0 radical (unpaired) electrons. The number of hydrogen-bond acceptors (Lipinski definition) is 4. The van der Waals surface area contributed by atoms with Crippen LogP contribution in [-0.4, -0.2) is 31.7 Å². The first-order chi connectivity index (χ1) is 8.69. The lowest BCUT2D eigenvalue weighted by Crippen LogP contribution is -2.25. The molecule has 0 aromatic carbocycles. The highest BCUT2D eigenvalue weighted by Crippen LogP contribution is 2.32. The highest BCUT2D eigenvalue weighted by atomic mass is 16.5. The van der Waals surface area contributed by atoms with Crippen LogP contribution in [-0.2, 0) is 4.79 Å². The third-order valence-electron chi connectivity index (χ3n) is 2.87. The number of methoxy groups -OCH3 is 2. The molecule has 1 unspecified atom stereocenters. The number of hydrogen-bond donors (Lipinski definition) is 0. The van der Waals surface area contributed by atoms with E-state index in [-0.39, 0.29) is 11.8 Å². The van der Waals surface area contributed by atoms with Gasteiger partial charge < -0.3 is 14.4 Å². The first-order valence-corrected chi connectivity index (χ1v) is 5.55. The van der Waals surface area contributed by atoms with Crippen LogP contribution < -0.4 is 14.4 Å². The number of rotatable bonds is 3. The Hall–Kier alpha value is -2.22. The Labute approximate surface area is 106 Å². The molecule has 1 aliphatic rings. The second kappa shape index (κ2) is 4.96. The summed E-state index contributed by atoms with van der Waals surface area (Å²) >= 11 is 0. The molecule has 1 saturated heterocycles. The summed E-state index contributed by atoms with van der Waals surface area (Å²) in [4.78, 5) is 17.6. The fourth-order valence-electron chi connectivity index (χ4n) is 1.94. The maximum absolute atomic E-state index is 11.9. The minimum Gasteiger partial charge on any atom is -0.481 e. The first kappa shape index (κ1) is 12.2. The van der Waals surface area contributed by atoms with Crippen LogP contribution >= 0.6 is 0 Å².